The van der Waals surface area contributed by atoms with Crippen LogP contribution < -0.4 is 15.1 Å². The molecule has 2 atom stereocenters. The molecule has 1 N–H and O–H groups in total. The molecule has 0 unspecified atom stereocenters. The van der Waals surface area contributed by atoms with Gasteiger partial charge >= 0.3 is 0 Å². The third-order valence-electron chi connectivity index (χ3n) is 6.63. The van der Waals surface area contributed by atoms with E-state index in [-0.39, 0.29) is 28.5 Å². The number of carbonyl (C=O) groups is 1. The van der Waals surface area contributed by atoms with Gasteiger partial charge in [-0.25, -0.2) is 0 Å². The monoisotopic (exact) mass is 477 g/mol. The highest BCUT2D eigenvalue weighted by Crippen LogP contribution is 2.39. The summed E-state index contributed by atoms with van der Waals surface area (Å²) in [5.41, 5.74) is 3.71. The van der Waals surface area contributed by atoms with Gasteiger partial charge in [-0.05, 0) is 41.8 Å². The topological polar surface area (TPSA) is 91.6 Å². The van der Waals surface area contributed by atoms with Gasteiger partial charge in [0.2, 0.25) is 5.91 Å². The molecule has 5 rings (SSSR count). The summed E-state index contributed by atoms with van der Waals surface area (Å²) in [6, 6.07) is 16.4. The SMILES string of the molecule is O=C(NCc1cccnc1)[C@H]1Cc2cc([N+](=O)[O-])ccc2N2CCN(c3ccccc3Cl)C[C@H]12. The van der Waals surface area contributed by atoms with Gasteiger partial charge in [0.25, 0.3) is 5.69 Å². The van der Waals surface area contributed by atoms with E-state index in [9.17, 15) is 14.9 Å². The number of aromatic nitrogens is 1. The van der Waals surface area contributed by atoms with E-state index in [0.29, 0.717) is 31.1 Å². The first kappa shape index (κ1) is 22.2. The summed E-state index contributed by atoms with van der Waals surface area (Å²) in [5, 5.41) is 15.1. The molecule has 1 fully saturated rings. The van der Waals surface area contributed by atoms with Crippen molar-refractivity contribution in [3.63, 3.8) is 0 Å². The van der Waals surface area contributed by atoms with Gasteiger partial charge in [-0.3, -0.25) is 19.9 Å². The van der Waals surface area contributed by atoms with E-state index in [2.05, 4.69) is 20.1 Å². The third-order valence-corrected chi connectivity index (χ3v) is 6.95. The molecular weight excluding hydrogens is 454 g/mol. The van der Waals surface area contributed by atoms with Gasteiger partial charge in [-0.2, -0.15) is 0 Å². The Labute approximate surface area is 202 Å². The molecule has 0 spiro atoms. The van der Waals surface area contributed by atoms with Crippen molar-refractivity contribution in [2.45, 2.75) is 19.0 Å². The Morgan fingerprint density at radius 1 is 1.15 bits per heavy atom. The van der Waals surface area contributed by atoms with Crippen LogP contribution in [-0.2, 0) is 17.8 Å². The van der Waals surface area contributed by atoms with Crippen LogP contribution in [0.4, 0.5) is 17.1 Å². The van der Waals surface area contributed by atoms with Crippen LogP contribution in [-0.4, -0.2) is 41.5 Å². The number of hydrogen-bond donors (Lipinski definition) is 1. The Morgan fingerprint density at radius 3 is 2.76 bits per heavy atom. The van der Waals surface area contributed by atoms with E-state index < -0.39 is 0 Å². The van der Waals surface area contributed by atoms with Gasteiger partial charge < -0.3 is 15.1 Å². The molecule has 2 aliphatic rings. The molecule has 1 amide bonds. The van der Waals surface area contributed by atoms with Crippen molar-refractivity contribution in [1.29, 1.82) is 0 Å². The Morgan fingerprint density at radius 2 is 2.00 bits per heavy atom. The highest BCUT2D eigenvalue weighted by atomic mass is 35.5. The zero-order valence-electron chi connectivity index (χ0n) is 18.4. The third kappa shape index (κ3) is 4.28. The number of rotatable bonds is 5. The standard InChI is InChI=1S/C25H24ClN5O3/c26-21-5-1-2-6-23(21)29-10-11-30-22-8-7-19(31(33)34)12-18(22)13-20(24(30)16-29)25(32)28-15-17-4-3-9-27-14-17/h1-9,12,14,20,24H,10-11,13,15-16H2,(H,28,32)/t20-,24+/m0/s1. The number of para-hydroxylation sites is 1. The molecule has 9 heteroatoms. The molecule has 8 nitrogen and oxygen atoms in total. The molecule has 2 aliphatic heterocycles. The van der Waals surface area contributed by atoms with Crippen LogP contribution in [0.1, 0.15) is 11.1 Å². The fraction of sp³-hybridized carbons (Fsp3) is 0.280. The summed E-state index contributed by atoms with van der Waals surface area (Å²) in [5.74, 6) is -0.437. The lowest BCUT2D eigenvalue weighted by molar-refractivity contribution is -0.384. The molecule has 1 aromatic heterocycles. The van der Waals surface area contributed by atoms with E-state index in [1.54, 1.807) is 24.5 Å². The van der Waals surface area contributed by atoms with Gasteiger partial charge in [0.05, 0.1) is 27.6 Å². The van der Waals surface area contributed by atoms with E-state index >= 15 is 0 Å². The van der Waals surface area contributed by atoms with E-state index in [1.807, 2.05) is 42.5 Å². The molecule has 0 aliphatic carbocycles. The number of amides is 1. The Balaban J connectivity index is 1.45. The number of pyridine rings is 1. The number of fused-ring (bicyclic) bond motifs is 3. The molecule has 0 saturated carbocycles. The van der Waals surface area contributed by atoms with Crippen molar-refractivity contribution in [3.8, 4) is 0 Å². The number of piperazine rings is 1. The van der Waals surface area contributed by atoms with Crippen molar-refractivity contribution in [2.75, 3.05) is 29.4 Å². The number of halogens is 1. The van der Waals surface area contributed by atoms with Gasteiger partial charge in [0.15, 0.2) is 0 Å². The minimum absolute atomic E-state index is 0.0430. The summed E-state index contributed by atoms with van der Waals surface area (Å²) >= 11 is 6.47. The van der Waals surface area contributed by atoms with Crippen LogP contribution >= 0.6 is 11.6 Å². The Kier molecular flexibility index (Phi) is 6.06. The van der Waals surface area contributed by atoms with Gasteiger partial charge in [0.1, 0.15) is 0 Å². The van der Waals surface area contributed by atoms with Crippen molar-refractivity contribution >= 4 is 34.6 Å². The molecule has 0 radical (unpaired) electrons. The minimum Gasteiger partial charge on any atom is -0.366 e. The molecule has 2 aromatic carbocycles. The van der Waals surface area contributed by atoms with Crippen molar-refractivity contribution in [1.82, 2.24) is 10.3 Å². The second-order valence-electron chi connectivity index (χ2n) is 8.62. The van der Waals surface area contributed by atoms with Crippen LogP contribution in [0.15, 0.2) is 67.0 Å². The predicted octanol–water partition coefficient (Wildman–Crippen LogP) is 3.83. The Bertz CT molecular complexity index is 1220. The average Bonchev–Trinajstić information content (AvgIpc) is 2.87. The zero-order chi connectivity index (χ0) is 23.7. The smallest absolute Gasteiger partial charge is 0.269 e. The molecular formula is C25H24ClN5O3. The number of benzene rings is 2. The summed E-state index contributed by atoms with van der Waals surface area (Å²) in [6.07, 6.45) is 3.86. The first-order chi connectivity index (χ1) is 16.5. The Hall–Kier alpha value is -3.65. The van der Waals surface area contributed by atoms with Crippen LogP contribution in [0.25, 0.3) is 0 Å². The van der Waals surface area contributed by atoms with Gasteiger partial charge in [-0.15, -0.1) is 0 Å². The van der Waals surface area contributed by atoms with Crippen molar-refractivity contribution in [2.24, 2.45) is 5.92 Å². The fourth-order valence-corrected chi connectivity index (χ4v) is 5.23. The first-order valence-electron chi connectivity index (χ1n) is 11.2. The van der Waals surface area contributed by atoms with Gasteiger partial charge in [0, 0.05) is 56.4 Å². The van der Waals surface area contributed by atoms with Crippen LogP contribution in [0.5, 0.6) is 0 Å². The number of non-ortho nitro benzene ring substituents is 1. The largest absolute Gasteiger partial charge is 0.366 e. The number of anilines is 2. The minimum atomic E-state index is -0.390. The highest BCUT2D eigenvalue weighted by Gasteiger charge is 2.42. The molecule has 1 saturated heterocycles. The second-order valence-corrected chi connectivity index (χ2v) is 9.03. The van der Waals surface area contributed by atoms with Gasteiger partial charge in [-0.1, -0.05) is 29.8 Å². The normalized spacial score (nSPS) is 19.2. The van der Waals surface area contributed by atoms with Crippen molar-refractivity contribution in [3.05, 3.63) is 93.3 Å². The number of carbonyl (C=O) groups excluding carboxylic acids is 1. The maximum Gasteiger partial charge on any atom is 0.269 e. The summed E-state index contributed by atoms with van der Waals surface area (Å²) in [4.78, 5) is 33.0. The first-order valence-corrected chi connectivity index (χ1v) is 11.6. The second kappa shape index (κ2) is 9.30. The summed E-state index contributed by atoms with van der Waals surface area (Å²) in [6.45, 7) is 2.44. The maximum atomic E-state index is 13.4. The number of nitro groups is 1. The van der Waals surface area contributed by atoms with Crippen molar-refractivity contribution < 1.29 is 9.72 Å². The zero-order valence-corrected chi connectivity index (χ0v) is 19.2. The van der Waals surface area contributed by atoms with E-state index in [4.69, 9.17) is 11.6 Å². The van der Waals surface area contributed by atoms with E-state index in [1.165, 1.54) is 0 Å². The number of nitrogens with one attached hydrogen (secondary N) is 1. The van der Waals surface area contributed by atoms with Crippen LogP contribution in [0, 0.1) is 16.0 Å². The molecule has 3 aromatic rings. The lowest BCUT2D eigenvalue weighted by Gasteiger charge is -2.49. The maximum absolute atomic E-state index is 13.4. The molecule has 174 valence electrons. The quantitative estimate of drug-likeness (QED) is 0.443. The fourth-order valence-electron chi connectivity index (χ4n) is 4.97. The molecule has 34 heavy (non-hydrogen) atoms. The predicted molar refractivity (Wildman–Crippen MR) is 131 cm³/mol. The lowest BCUT2D eigenvalue weighted by atomic mass is 9.83. The number of nitro benzene ring substituents is 1. The van der Waals surface area contributed by atoms with E-state index in [0.717, 1.165) is 29.0 Å². The molecule has 3 heterocycles. The number of nitrogens with zero attached hydrogens (tertiary/aromatic N) is 4. The van der Waals surface area contributed by atoms with Crippen LogP contribution in [0.2, 0.25) is 5.02 Å². The lowest BCUT2D eigenvalue weighted by Crippen LogP contribution is -2.61. The summed E-state index contributed by atoms with van der Waals surface area (Å²) in [7, 11) is 0. The summed E-state index contributed by atoms with van der Waals surface area (Å²) < 4.78 is 0. The van der Waals surface area contributed by atoms with Crippen LogP contribution in [0.3, 0.4) is 0 Å². The highest BCUT2D eigenvalue weighted by molar-refractivity contribution is 6.33. The number of hydrogen-bond acceptors (Lipinski definition) is 6. The average molecular weight is 478 g/mol. The molecule has 0 bridgehead atoms.